The molecule has 0 aliphatic heterocycles. The molecule has 0 saturated heterocycles. The average Bonchev–Trinajstić information content (AvgIpc) is 3.39. The van der Waals surface area contributed by atoms with Gasteiger partial charge >= 0.3 is 5.97 Å². The first-order valence-corrected chi connectivity index (χ1v) is 14.7. The van der Waals surface area contributed by atoms with Gasteiger partial charge < -0.3 is 15.2 Å². The maximum Gasteiger partial charge on any atom is 0.314 e. The highest BCUT2D eigenvalue weighted by atomic mass is 32.1. The van der Waals surface area contributed by atoms with Crippen molar-refractivity contribution in [2.24, 2.45) is 0 Å². The second-order valence-corrected chi connectivity index (χ2v) is 11.0. The van der Waals surface area contributed by atoms with Gasteiger partial charge in [0, 0.05) is 27.5 Å². The van der Waals surface area contributed by atoms with Crippen LogP contribution in [-0.2, 0) is 19.7 Å². The Morgan fingerprint density at radius 1 is 1.10 bits per heavy atom. The molecule has 1 saturated carbocycles. The van der Waals surface area contributed by atoms with Gasteiger partial charge in [-0.1, -0.05) is 50.2 Å². The second-order valence-electron chi connectivity index (χ2n) is 8.88. The Morgan fingerprint density at radius 2 is 1.80 bits per heavy atom. The summed E-state index contributed by atoms with van der Waals surface area (Å²) in [6.07, 6.45) is 3.24. The minimum Gasteiger partial charge on any atom is -0.481 e. The summed E-state index contributed by atoms with van der Waals surface area (Å²) < 4.78 is 8.78. The maximum absolute atomic E-state index is 11.5. The number of anilines is 1. The van der Waals surface area contributed by atoms with Crippen LogP contribution in [0.4, 0.5) is 5.69 Å². The second kappa shape index (κ2) is 12.8. The van der Waals surface area contributed by atoms with Gasteiger partial charge in [-0.15, -0.1) is 22.7 Å². The molecule has 4 heterocycles. The lowest BCUT2D eigenvalue weighted by Crippen LogP contribution is -2.17. The van der Waals surface area contributed by atoms with Crippen molar-refractivity contribution in [3.8, 4) is 11.8 Å². The molecule has 7 nitrogen and oxygen atoms in total. The summed E-state index contributed by atoms with van der Waals surface area (Å²) >= 11 is 3.18. The molecule has 206 valence electrons. The van der Waals surface area contributed by atoms with Crippen molar-refractivity contribution in [1.29, 1.82) is 0 Å². The highest BCUT2D eigenvalue weighted by molar-refractivity contribution is 7.28. The van der Waals surface area contributed by atoms with Crippen LogP contribution in [0.2, 0.25) is 0 Å². The van der Waals surface area contributed by atoms with E-state index in [0.29, 0.717) is 12.2 Å². The van der Waals surface area contributed by atoms with Gasteiger partial charge in [-0.25, -0.2) is 4.52 Å². The lowest BCUT2D eigenvalue weighted by Gasteiger charge is -2.08. The van der Waals surface area contributed by atoms with Crippen LogP contribution in [-0.4, -0.2) is 34.2 Å². The Morgan fingerprint density at radius 3 is 2.42 bits per heavy atom. The number of benzene rings is 1. The number of hydrogen-bond acceptors (Lipinski definition) is 7. The zero-order valence-electron chi connectivity index (χ0n) is 22.8. The minimum absolute atomic E-state index is 0.145. The summed E-state index contributed by atoms with van der Waals surface area (Å²) in [6, 6.07) is 19.6. The highest BCUT2D eigenvalue weighted by Crippen LogP contribution is 2.52. The van der Waals surface area contributed by atoms with Crippen LogP contribution < -0.4 is 5.32 Å². The van der Waals surface area contributed by atoms with E-state index in [0.717, 1.165) is 48.8 Å². The van der Waals surface area contributed by atoms with Crippen molar-refractivity contribution in [3.63, 3.8) is 0 Å². The Labute approximate surface area is 241 Å². The summed E-state index contributed by atoms with van der Waals surface area (Å²) in [7, 11) is 1.87. The predicted molar refractivity (Wildman–Crippen MR) is 162 cm³/mol. The number of carbonyl (C=O) groups excluding carboxylic acids is 1. The quantitative estimate of drug-likeness (QED) is 0.166. The molecule has 0 spiro atoms. The van der Waals surface area contributed by atoms with E-state index in [1.807, 2.05) is 99.2 Å². The molecule has 2 N–H and O–H groups in total. The average molecular weight is 574 g/mol. The van der Waals surface area contributed by atoms with Gasteiger partial charge in [-0.2, -0.15) is 5.10 Å². The number of ether oxygens (including phenoxy) is 1. The van der Waals surface area contributed by atoms with E-state index in [-0.39, 0.29) is 6.10 Å². The first kappa shape index (κ1) is 28.9. The van der Waals surface area contributed by atoms with Gasteiger partial charge in [0.1, 0.15) is 11.5 Å². The summed E-state index contributed by atoms with van der Waals surface area (Å²) in [5.41, 5.74) is 3.00. The number of carboxylic acid groups (broad SMARTS) is 1. The molecule has 1 atom stereocenters. The minimum atomic E-state index is -0.706. The number of thiophene rings is 2. The van der Waals surface area contributed by atoms with Crippen LogP contribution in [0.1, 0.15) is 60.7 Å². The first-order chi connectivity index (χ1) is 19.4. The zero-order valence-corrected chi connectivity index (χ0v) is 24.4. The number of rotatable bonds is 6. The summed E-state index contributed by atoms with van der Waals surface area (Å²) in [5, 5.41) is 17.2. The number of hydrogen-bond donors (Lipinski definition) is 2. The number of carbonyl (C=O) groups is 2. The first-order valence-electron chi connectivity index (χ1n) is 13.0. The smallest absolute Gasteiger partial charge is 0.314 e. The van der Waals surface area contributed by atoms with Gasteiger partial charge in [-0.3, -0.25) is 9.59 Å². The van der Waals surface area contributed by atoms with Crippen LogP contribution in [0, 0.1) is 11.8 Å². The fraction of sp³-hybridized carbons (Fsp3) is 0.258. The molecule has 1 aliphatic carbocycles. The summed E-state index contributed by atoms with van der Waals surface area (Å²) in [4.78, 5) is 23.4. The van der Waals surface area contributed by atoms with Crippen molar-refractivity contribution in [2.75, 3.05) is 12.4 Å². The molecule has 1 aliphatic rings. The number of pyridine rings is 1. The standard InChI is InChI=1S/C20H15N3O2S2.C9H10O2.C2H6/c1-21-18-13(22-23-9-3-2-4-14(18)23)6-5-12-10-15-16(26-12)11-17(27-15)20(7-8-20)19(24)25;1-8(11-7-10)9-5-3-2-4-6-9;1-2/h2-4,9-11,21H,7-8H2,1H3,(H,24,25);2-8H,1H3;1-2H3/t;8-;/m.1./s1. The van der Waals surface area contributed by atoms with Gasteiger partial charge in [-0.05, 0) is 61.4 Å². The van der Waals surface area contributed by atoms with E-state index in [9.17, 15) is 14.7 Å². The number of carboxylic acids is 1. The van der Waals surface area contributed by atoms with E-state index < -0.39 is 11.4 Å². The lowest BCUT2D eigenvalue weighted by atomic mass is 10.1. The number of aromatic nitrogens is 2. The van der Waals surface area contributed by atoms with E-state index in [1.54, 1.807) is 22.7 Å². The molecule has 6 rings (SSSR count). The third-order valence-corrected chi connectivity index (χ3v) is 8.87. The SMILES string of the molecule is CC.CNc1c(C#Cc2cc3sc(C4(C(=O)O)CC4)cc3s2)nn2ccccc12.C[C@@H](OC=O)c1ccccc1. The monoisotopic (exact) mass is 573 g/mol. The third-order valence-electron chi connectivity index (χ3n) is 6.46. The van der Waals surface area contributed by atoms with E-state index >= 15 is 0 Å². The fourth-order valence-corrected chi connectivity index (χ4v) is 6.65. The van der Waals surface area contributed by atoms with Crippen molar-refractivity contribution < 1.29 is 19.4 Å². The molecule has 1 aromatic carbocycles. The number of nitrogens with one attached hydrogen (secondary N) is 1. The van der Waals surface area contributed by atoms with Gasteiger partial charge in [0.15, 0.2) is 5.69 Å². The number of fused-ring (bicyclic) bond motifs is 2. The molecule has 4 aromatic heterocycles. The van der Waals surface area contributed by atoms with Crippen molar-refractivity contribution in [1.82, 2.24) is 9.61 Å². The topological polar surface area (TPSA) is 92.9 Å². The van der Waals surface area contributed by atoms with E-state index in [2.05, 4.69) is 22.3 Å². The molecule has 40 heavy (non-hydrogen) atoms. The van der Waals surface area contributed by atoms with Crippen LogP contribution in [0.3, 0.4) is 0 Å². The lowest BCUT2D eigenvalue weighted by molar-refractivity contribution is -0.140. The van der Waals surface area contributed by atoms with Crippen LogP contribution in [0.15, 0.2) is 66.9 Å². The fourth-order valence-electron chi connectivity index (χ4n) is 4.16. The van der Waals surface area contributed by atoms with Gasteiger partial charge in [0.25, 0.3) is 6.47 Å². The molecule has 5 aromatic rings. The molecule has 9 heteroatoms. The molecule has 0 unspecified atom stereocenters. The molecule has 1 fully saturated rings. The Bertz CT molecular complexity index is 1640. The van der Waals surface area contributed by atoms with Crippen LogP contribution in [0.5, 0.6) is 0 Å². The third kappa shape index (κ3) is 6.03. The van der Waals surface area contributed by atoms with Crippen molar-refractivity contribution in [2.45, 2.75) is 45.1 Å². The molecular weight excluding hydrogens is 542 g/mol. The van der Waals surface area contributed by atoms with Crippen molar-refractivity contribution >= 4 is 55.7 Å². The van der Waals surface area contributed by atoms with Crippen LogP contribution >= 0.6 is 22.7 Å². The van der Waals surface area contributed by atoms with Crippen LogP contribution in [0.25, 0.3) is 14.9 Å². The number of aliphatic carboxylic acids is 1. The van der Waals surface area contributed by atoms with Crippen molar-refractivity contribution in [3.05, 3.63) is 87.9 Å². The molecule has 0 amide bonds. The highest BCUT2D eigenvalue weighted by Gasteiger charge is 2.53. The molecule has 0 radical (unpaired) electrons. The molecule has 0 bridgehead atoms. The van der Waals surface area contributed by atoms with Gasteiger partial charge in [0.05, 0.1) is 16.1 Å². The Balaban J connectivity index is 0.000000240. The van der Waals surface area contributed by atoms with Gasteiger partial charge in [0.2, 0.25) is 0 Å². The number of nitrogens with zero attached hydrogens (tertiary/aromatic N) is 2. The Kier molecular flexibility index (Phi) is 9.25. The summed E-state index contributed by atoms with van der Waals surface area (Å²) in [6.45, 7) is 6.31. The summed E-state index contributed by atoms with van der Waals surface area (Å²) in [5.74, 6) is 5.68. The molecular formula is C31H31N3O4S2. The van der Waals surface area contributed by atoms with E-state index in [4.69, 9.17) is 4.74 Å². The maximum atomic E-state index is 11.5. The Hall–Kier alpha value is -4.13. The normalized spacial score (nSPS) is 13.5. The zero-order chi connectivity index (χ0) is 28.7. The van der Waals surface area contributed by atoms with E-state index in [1.165, 1.54) is 0 Å². The predicted octanol–water partition coefficient (Wildman–Crippen LogP) is 7.12. The largest absolute Gasteiger partial charge is 0.481 e.